The molecule has 1 aromatic heterocycles. The number of halogens is 1. The Morgan fingerprint density at radius 3 is 2.69 bits per heavy atom. The fourth-order valence-corrected chi connectivity index (χ4v) is 1.00. The maximum absolute atomic E-state index is 11.0. The number of esters is 1. The first-order chi connectivity index (χ1) is 6.19. The molecule has 4 nitrogen and oxygen atoms in total. The highest BCUT2D eigenvalue weighted by Gasteiger charge is 2.11. The molecule has 0 aliphatic heterocycles. The minimum atomic E-state index is -0.514. The summed E-state index contributed by atoms with van der Waals surface area (Å²) < 4.78 is 9.30. The highest BCUT2D eigenvalue weighted by Crippen LogP contribution is 2.19. The number of aromatic nitrogens is 1. The number of carbonyl (C=O) groups is 1. The van der Waals surface area contributed by atoms with Crippen molar-refractivity contribution in [2.45, 2.75) is 0 Å². The predicted octanol–water partition coefficient (Wildman–Crippen LogP) is 1.53. The molecular formula is C8H8ClNO3. The number of rotatable bonds is 2. The molecule has 70 valence electrons. The fourth-order valence-electron chi connectivity index (χ4n) is 0.785. The molecule has 0 spiro atoms. The second-order valence-electron chi connectivity index (χ2n) is 2.20. The summed E-state index contributed by atoms with van der Waals surface area (Å²) in [7, 11) is 2.75. The molecule has 13 heavy (non-hydrogen) atoms. The normalized spacial score (nSPS) is 9.46. The van der Waals surface area contributed by atoms with Gasteiger partial charge in [0.05, 0.1) is 24.8 Å². The monoisotopic (exact) mass is 201 g/mol. The minimum absolute atomic E-state index is 0.227. The van der Waals surface area contributed by atoms with Crippen LogP contribution in [-0.4, -0.2) is 25.2 Å². The molecule has 0 radical (unpaired) electrons. The van der Waals surface area contributed by atoms with Crippen molar-refractivity contribution < 1.29 is 14.3 Å². The lowest BCUT2D eigenvalue weighted by Gasteiger charge is -2.03. The molecule has 0 amide bonds. The van der Waals surface area contributed by atoms with Gasteiger partial charge in [0.15, 0.2) is 0 Å². The van der Waals surface area contributed by atoms with Crippen molar-refractivity contribution >= 4 is 17.6 Å². The summed E-state index contributed by atoms with van der Waals surface area (Å²) in [6.07, 6.45) is 1.31. The van der Waals surface area contributed by atoms with Crippen LogP contribution < -0.4 is 4.74 Å². The average molecular weight is 202 g/mol. The van der Waals surface area contributed by atoms with E-state index in [1.54, 1.807) is 0 Å². The Hall–Kier alpha value is -1.29. The van der Waals surface area contributed by atoms with Gasteiger partial charge in [-0.05, 0) is 0 Å². The Morgan fingerprint density at radius 1 is 1.54 bits per heavy atom. The highest BCUT2D eigenvalue weighted by atomic mass is 35.5. The molecule has 0 unspecified atom stereocenters. The number of hydrogen-bond donors (Lipinski definition) is 0. The van der Waals surface area contributed by atoms with Crippen LogP contribution in [0.2, 0.25) is 5.02 Å². The third kappa shape index (κ3) is 2.09. The summed E-state index contributed by atoms with van der Waals surface area (Å²) in [6.45, 7) is 0. The zero-order chi connectivity index (χ0) is 9.84. The van der Waals surface area contributed by atoms with Crippen LogP contribution in [0.4, 0.5) is 0 Å². The zero-order valence-electron chi connectivity index (χ0n) is 7.20. The van der Waals surface area contributed by atoms with E-state index in [0.717, 1.165) is 0 Å². The summed E-state index contributed by atoms with van der Waals surface area (Å²) >= 11 is 5.76. The van der Waals surface area contributed by atoms with Gasteiger partial charge < -0.3 is 9.47 Å². The standard InChI is InChI=1S/C8H8ClNO3/c1-12-7-3-6(9)5(4-10-7)8(11)13-2/h3-4H,1-2H3. The summed E-state index contributed by atoms with van der Waals surface area (Å²) in [6, 6.07) is 1.45. The van der Waals surface area contributed by atoms with Crippen LogP contribution in [0.5, 0.6) is 5.88 Å². The number of methoxy groups -OCH3 is 2. The number of nitrogens with zero attached hydrogens (tertiary/aromatic N) is 1. The Bertz CT molecular complexity index is 327. The first-order valence-electron chi connectivity index (χ1n) is 3.47. The van der Waals surface area contributed by atoms with Gasteiger partial charge in [0, 0.05) is 12.3 Å². The van der Waals surface area contributed by atoms with Crippen molar-refractivity contribution in [1.82, 2.24) is 4.98 Å². The highest BCUT2D eigenvalue weighted by molar-refractivity contribution is 6.33. The lowest BCUT2D eigenvalue weighted by atomic mass is 10.3. The van der Waals surface area contributed by atoms with Crippen LogP contribution >= 0.6 is 11.6 Å². The molecule has 0 N–H and O–H groups in total. The lowest BCUT2D eigenvalue weighted by Crippen LogP contribution is -2.03. The van der Waals surface area contributed by atoms with Crippen LogP contribution in [0.25, 0.3) is 0 Å². The summed E-state index contributed by atoms with van der Waals surface area (Å²) in [5, 5.41) is 0.263. The molecule has 0 atom stereocenters. The molecule has 0 aliphatic carbocycles. The average Bonchev–Trinajstić information content (AvgIpc) is 2.16. The Morgan fingerprint density at radius 2 is 2.23 bits per heavy atom. The molecule has 0 aromatic carbocycles. The fraction of sp³-hybridized carbons (Fsp3) is 0.250. The van der Waals surface area contributed by atoms with E-state index < -0.39 is 5.97 Å². The number of pyridine rings is 1. The second kappa shape index (κ2) is 4.09. The van der Waals surface area contributed by atoms with Crippen molar-refractivity contribution in [1.29, 1.82) is 0 Å². The van der Waals surface area contributed by atoms with E-state index in [4.69, 9.17) is 16.3 Å². The third-order valence-corrected chi connectivity index (χ3v) is 1.76. The molecule has 0 aliphatic rings. The van der Waals surface area contributed by atoms with Crippen molar-refractivity contribution in [3.8, 4) is 5.88 Å². The van der Waals surface area contributed by atoms with E-state index in [1.807, 2.05) is 0 Å². The molecule has 1 aromatic rings. The van der Waals surface area contributed by atoms with Crippen molar-refractivity contribution in [3.05, 3.63) is 22.8 Å². The first-order valence-corrected chi connectivity index (χ1v) is 3.84. The molecule has 0 fully saturated rings. The van der Waals surface area contributed by atoms with E-state index in [1.165, 1.54) is 26.5 Å². The van der Waals surface area contributed by atoms with Crippen molar-refractivity contribution in [3.63, 3.8) is 0 Å². The van der Waals surface area contributed by atoms with E-state index in [0.29, 0.717) is 5.88 Å². The molecule has 0 saturated heterocycles. The van der Waals surface area contributed by atoms with Crippen molar-refractivity contribution in [2.24, 2.45) is 0 Å². The first kappa shape index (κ1) is 9.80. The maximum Gasteiger partial charge on any atom is 0.340 e. The van der Waals surface area contributed by atoms with Gasteiger partial charge in [0.25, 0.3) is 0 Å². The van der Waals surface area contributed by atoms with Gasteiger partial charge in [-0.3, -0.25) is 0 Å². The number of hydrogen-bond acceptors (Lipinski definition) is 4. The Kier molecular flexibility index (Phi) is 3.08. The molecule has 0 saturated carbocycles. The van der Waals surface area contributed by atoms with Crippen molar-refractivity contribution in [2.75, 3.05) is 14.2 Å². The largest absolute Gasteiger partial charge is 0.481 e. The lowest BCUT2D eigenvalue weighted by molar-refractivity contribution is 0.0600. The maximum atomic E-state index is 11.0. The van der Waals surface area contributed by atoms with Crippen LogP contribution in [-0.2, 0) is 4.74 Å². The molecule has 0 bridgehead atoms. The van der Waals surface area contributed by atoms with Crippen LogP contribution in [0.1, 0.15) is 10.4 Å². The SMILES string of the molecule is COC(=O)c1cnc(OC)cc1Cl. The minimum Gasteiger partial charge on any atom is -0.481 e. The number of ether oxygens (including phenoxy) is 2. The summed E-state index contributed by atoms with van der Waals surface area (Å²) in [5.74, 6) is -0.155. The van der Waals surface area contributed by atoms with E-state index in [2.05, 4.69) is 9.72 Å². The van der Waals surface area contributed by atoms with Gasteiger partial charge in [-0.25, -0.2) is 9.78 Å². The zero-order valence-corrected chi connectivity index (χ0v) is 7.96. The predicted molar refractivity (Wildman–Crippen MR) is 47.1 cm³/mol. The van der Waals surface area contributed by atoms with Gasteiger partial charge in [-0.2, -0.15) is 0 Å². The summed E-state index contributed by atoms with van der Waals surface area (Å²) in [5.41, 5.74) is 0.227. The Balaban J connectivity index is 3.05. The third-order valence-electron chi connectivity index (χ3n) is 1.44. The van der Waals surface area contributed by atoms with Gasteiger partial charge in [-0.15, -0.1) is 0 Å². The smallest absolute Gasteiger partial charge is 0.340 e. The van der Waals surface area contributed by atoms with E-state index in [9.17, 15) is 4.79 Å². The molecule has 5 heteroatoms. The topological polar surface area (TPSA) is 48.4 Å². The van der Waals surface area contributed by atoms with Gasteiger partial charge in [0.2, 0.25) is 5.88 Å². The van der Waals surface area contributed by atoms with Crippen LogP contribution in [0.15, 0.2) is 12.3 Å². The van der Waals surface area contributed by atoms with Gasteiger partial charge in [0.1, 0.15) is 0 Å². The van der Waals surface area contributed by atoms with E-state index >= 15 is 0 Å². The molecular weight excluding hydrogens is 194 g/mol. The van der Waals surface area contributed by atoms with Crippen LogP contribution in [0.3, 0.4) is 0 Å². The molecule has 1 rings (SSSR count). The van der Waals surface area contributed by atoms with Crippen LogP contribution in [0, 0.1) is 0 Å². The Labute approximate surface area is 80.4 Å². The number of carbonyl (C=O) groups excluding carboxylic acids is 1. The quantitative estimate of drug-likeness (QED) is 0.681. The summed E-state index contributed by atoms with van der Waals surface area (Å²) in [4.78, 5) is 14.9. The van der Waals surface area contributed by atoms with Gasteiger partial charge >= 0.3 is 5.97 Å². The van der Waals surface area contributed by atoms with Gasteiger partial charge in [-0.1, -0.05) is 11.6 Å². The molecule has 1 heterocycles. The van der Waals surface area contributed by atoms with E-state index in [-0.39, 0.29) is 10.6 Å². The second-order valence-corrected chi connectivity index (χ2v) is 2.61.